The summed E-state index contributed by atoms with van der Waals surface area (Å²) in [4.78, 5) is 0. The molecule has 0 heterocycles. The molecule has 2 atom stereocenters. The molecule has 0 radical (unpaired) electrons. The number of hydrogen-bond donors (Lipinski definition) is 2. The smallest absolute Gasteiger partial charge is 0.0582 e. The summed E-state index contributed by atoms with van der Waals surface area (Å²) >= 11 is 0. The number of aliphatic hydroxyl groups is 1. The van der Waals surface area contributed by atoms with Crippen LogP contribution >= 0.6 is 0 Å². The maximum absolute atomic E-state index is 8.69. The van der Waals surface area contributed by atoms with Crippen LogP contribution in [0.2, 0.25) is 0 Å². The van der Waals surface area contributed by atoms with Crippen molar-refractivity contribution in [2.45, 2.75) is 45.7 Å². The molecule has 0 saturated carbocycles. The minimum absolute atomic E-state index is 0.230. The Hall–Kier alpha value is -0.0800. The van der Waals surface area contributed by atoms with Crippen LogP contribution in [0.25, 0.3) is 0 Å². The lowest BCUT2D eigenvalue weighted by Gasteiger charge is -2.16. The third-order valence-electron chi connectivity index (χ3n) is 1.56. The van der Waals surface area contributed by atoms with Gasteiger partial charge in [0.2, 0.25) is 0 Å². The summed E-state index contributed by atoms with van der Waals surface area (Å²) in [5, 5.41) is 12.0. The van der Waals surface area contributed by atoms with Gasteiger partial charge in [-0.05, 0) is 20.3 Å². The molecule has 2 heteroatoms. The molecule has 0 bridgehead atoms. The molecule has 0 fully saturated rings. The first-order chi connectivity index (χ1) is 4.70. The molecule has 0 saturated heterocycles. The van der Waals surface area contributed by atoms with Crippen LogP contribution in [-0.2, 0) is 0 Å². The van der Waals surface area contributed by atoms with Gasteiger partial charge in [0.15, 0.2) is 0 Å². The van der Waals surface area contributed by atoms with Crippen molar-refractivity contribution in [1.29, 1.82) is 0 Å². The molecule has 62 valence electrons. The SMILES string of the molecule is CCCC(C)N[C@H](C)CO. The Morgan fingerprint density at radius 1 is 1.30 bits per heavy atom. The van der Waals surface area contributed by atoms with Gasteiger partial charge in [-0.25, -0.2) is 0 Å². The number of aliphatic hydroxyl groups excluding tert-OH is 1. The fourth-order valence-electron chi connectivity index (χ4n) is 1.05. The van der Waals surface area contributed by atoms with Crippen molar-refractivity contribution in [2.75, 3.05) is 6.61 Å². The summed E-state index contributed by atoms with van der Waals surface area (Å²) in [6.07, 6.45) is 2.39. The number of hydrogen-bond acceptors (Lipinski definition) is 2. The van der Waals surface area contributed by atoms with Crippen LogP contribution in [0.1, 0.15) is 33.6 Å². The van der Waals surface area contributed by atoms with E-state index >= 15 is 0 Å². The quantitative estimate of drug-likeness (QED) is 0.608. The van der Waals surface area contributed by atoms with Crippen molar-refractivity contribution in [3.63, 3.8) is 0 Å². The van der Waals surface area contributed by atoms with Gasteiger partial charge < -0.3 is 10.4 Å². The molecule has 0 aliphatic rings. The zero-order chi connectivity index (χ0) is 7.98. The predicted octanol–water partition coefficient (Wildman–Crippen LogP) is 1.15. The van der Waals surface area contributed by atoms with Crippen LogP contribution in [-0.4, -0.2) is 23.8 Å². The fraction of sp³-hybridized carbons (Fsp3) is 1.00. The molecule has 0 aliphatic carbocycles. The Morgan fingerprint density at radius 2 is 1.90 bits per heavy atom. The average molecular weight is 145 g/mol. The Balaban J connectivity index is 3.27. The standard InChI is InChI=1S/C8H19NO/c1-4-5-7(2)9-8(3)6-10/h7-10H,4-6H2,1-3H3/t7?,8-/m1/s1. The van der Waals surface area contributed by atoms with Crippen molar-refractivity contribution >= 4 is 0 Å². The molecular weight excluding hydrogens is 126 g/mol. The fourth-order valence-corrected chi connectivity index (χ4v) is 1.05. The van der Waals surface area contributed by atoms with Crippen LogP contribution in [0.4, 0.5) is 0 Å². The lowest BCUT2D eigenvalue weighted by atomic mass is 10.2. The highest BCUT2D eigenvalue weighted by molar-refractivity contribution is 4.65. The summed E-state index contributed by atoms with van der Waals surface area (Å²) in [5.41, 5.74) is 0. The van der Waals surface area contributed by atoms with Crippen LogP contribution in [0.5, 0.6) is 0 Å². The minimum Gasteiger partial charge on any atom is -0.395 e. The predicted molar refractivity (Wildman–Crippen MR) is 44.1 cm³/mol. The van der Waals surface area contributed by atoms with Crippen molar-refractivity contribution in [1.82, 2.24) is 5.32 Å². The third-order valence-corrected chi connectivity index (χ3v) is 1.56. The molecule has 2 N–H and O–H groups in total. The second-order valence-electron chi connectivity index (χ2n) is 2.94. The third kappa shape index (κ3) is 4.77. The zero-order valence-corrected chi connectivity index (χ0v) is 7.22. The van der Waals surface area contributed by atoms with Crippen LogP contribution in [0.3, 0.4) is 0 Å². The summed E-state index contributed by atoms with van der Waals surface area (Å²) in [6, 6.07) is 0.772. The van der Waals surface area contributed by atoms with Gasteiger partial charge in [-0.15, -0.1) is 0 Å². The first-order valence-corrected chi connectivity index (χ1v) is 4.07. The van der Waals surface area contributed by atoms with E-state index in [1.54, 1.807) is 0 Å². The summed E-state index contributed by atoms with van der Waals surface area (Å²) in [6.45, 7) is 6.54. The molecule has 1 unspecified atom stereocenters. The molecule has 2 nitrogen and oxygen atoms in total. The second-order valence-corrected chi connectivity index (χ2v) is 2.94. The highest BCUT2D eigenvalue weighted by atomic mass is 16.3. The Morgan fingerprint density at radius 3 is 2.30 bits per heavy atom. The van der Waals surface area contributed by atoms with Gasteiger partial charge in [0.1, 0.15) is 0 Å². The van der Waals surface area contributed by atoms with E-state index in [1.807, 2.05) is 6.92 Å². The second kappa shape index (κ2) is 5.69. The first-order valence-electron chi connectivity index (χ1n) is 4.07. The van der Waals surface area contributed by atoms with Crippen molar-refractivity contribution in [3.05, 3.63) is 0 Å². The van der Waals surface area contributed by atoms with E-state index in [0.717, 1.165) is 0 Å². The van der Waals surface area contributed by atoms with Crippen LogP contribution in [0.15, 0.2) is 0 Å². The molecule has 0 amide bonds. The molecule has 0 spiro atoms. The Labute approximate surface area is 63.6 Å². The van der Waals surface area contributed by atoms with Gasteiger partial charge in [-0.3, -0.25) is 0 Å². The van der Waals surface area contributed by atoms with Crippen molar-refractivity contribution < 1.29 is 5.11 Å². The van der Waals surface area contributed by atoms with E-state index in [0.29, 0.717) is 6.04 Å². The Bertz CT molecular complexity index is 75.7. The lowest BCUT2D eigenvalue weighted by molar-refractivity contribution is 0.240. The van der Waals surface area contributed by atoms with Crippen LogP contribution in [0, 0.1) is 0 Å². The highest BCUT2D eigenvalue weighted by Crippen LogP contribution is 1.95. The van der Waals surface area contributed by atoms with E-state index in [4.69, 9.17) is 5.11 Å². The summed E-state index contributed by atoms with van der Waals surface area (Å²) in [5.74, 6) is 0. The molecule has 0 aromatic carbocycles. The van der Waals surface area contributed by atoms with E-state index < -0.39 is 0 Å². The average Bonchev–Trinajstić information content (AvgIpc) is 1.88. The van der Waals surface area contributed by atoms with Crippen LogP contribution < -0.4 is 5.32 Å². The van der Waals surface area contributed by atoms with Gasteiger partial charge in [-0.2, -0.15) is 0 Å². The van der Waals surface area contributed by atoms with E-state index in [2.05, 4.69) is 19.2 Å². The monoisotopic (exact) mass is 145 g/mol. The molecular formula is C8H19NO. The van der Waals surface area contributed by atoms with E-state index in [1.165, 1.54) is 12.8 Å². The minimum atomic E-state index is 0.230. The largest absolute Gasteiger partial charge is 0.395 e. The molecule has 10 heavy (non-hydrogen) atoms. The zero-order valence-electron chi connectivity index (χ0n) is 7.22. The topological polar surface area (TPSA) is 32.3 Å². The van der Waals surface area contributed by atoms with Gasteiger partial charge in [0, 0.05) is 12.1 Å². The maximum atomic E-state index is 8.69. The summed E-state index contributed by atoms with van der Waals surface area (Å²) < 4.78 is 0. The highest BCUT2D eigenvalue weighted by Gasteiger charge is 2.03. The van der Waals surface area contributed by atoms with Gasteiger partial charge in [0.05, 0.1) is 6.61 Å². The maximum Gasteiger partial charge on any atom is 0.0582 e. The van der Waals surface area contributed by atoms with E-state index in [-0.39, 0.29) is 12.6 Å². The summed E-state index contributed by atoms with van der Waals surface area (Å²) in [7, 11) is 0. The molecule has 0 aliphatic heterocycles. The molecule has 0 aromatic rings. The van der Waals surface area contributed by atoms with Gasteiger partial charge in [-0.1, -0.05) is 13.3 Å². The first kappa shape index (κ1) is 9.92. The van der Waals surface area contributed by atoms with E-state index in [9.17, 15) is 0 Å². The lowest BCUT2D eigenvalue weighted by Crippen LogP contribution is -2.36. The number of rotatable bonds is 5. The van der Waals surface area contributed by atoms with Crippen molar-refractivity contribution in [2.24, 2.45) is 0 Å². The Kier molecular flexibility index (Phi) is 5.64. The van der Waals surface area contributed by atoms with Gasteiger partial charge >= 0.3 is 0 Å². The molecule has 0 aromatic heterocycles. The van der Waals surface area contributed by atoms with Gasteiger partial charge in [0.25, 0.3) is 0 Å². The normalized spacial score (nSPS) is 16.8. The van der Waals surface area contributed by atoms with Crippen molar-refractivity contribution in [3.8, 4) is 0 Å². The molecule has 0 rings (SSSR count). The number of nitrogens with one attached hydrogen (secondary N) is 1.